The zero-order valence-corrected chi connectivity index (χ0v) is 16.1. The molecule has 5 nitrogen and oxygen atoms in total. The minimum atomic E-state index is -4.41. The van der Waals surface area contributed by atoms with E-state index in [1.54, 1.807) is 23.1 Å². The molecule has 2 aromatic rings. The SMILES string of the molecule is NC(=Nc1cc(CS(=O)O)ccc1Cl)N1CCCc2cc(C(F)(F)F)ccc21. The van der Waals surface area contributed by atoms with Gasteiger partial charge < -0.3 is 15.2 Å². The predicted molar refractivity (Wildman–Crippen MR) is 104 cm³/mol. The van der Waals surface area contributed by atoms with Crippen LogP contribution in [0.4, 0.5) is 24.5 Å². The quantitative estimate of drug-likeness (QED) is 0.426. The van der Waals surface area contributed by atoms with Crippen molar-refractivity contribution in [3.05, 3.63) is 58.1 Å². The summed E-state index contributed by atoms with van der Waals surface area (Å²) in [6.07, 6.45) is -3.26. The molecule has 0 amide bonds. The van der Waals surface area contributed by atoms with Crippen molar-refractivity contribution in [1.29, 1.82) is 0 Å². The Bertz CT molecular complexity index is 950. The fourth-order valence-corrected chi connectivity index (χ4v) is 3.70. The van der Waals surface area contributed by atoms with Crippen LogP contribution in [0.5, 0.6) is 0 Å². The third-order valence-corrected chi connectivity index (χ3v) is 5.24. The highest BCUT2D eigenvalue weighted by Crippen LogP contribution is 2.35. The summed E-state index contributed by atoms with van der Waals surface area (Å²) in [6, 6.07) is 8.28. The molecule has 10 heteroatoms. The van der Waals surface area contributed by atoms with Crippen LogP contribution in [0, 0.1) is 0 Å². The second-order valence-electron chi connectivity index (χ2n) is 6.32. The topological polar surface area (TPSA) is 78.9 Å². The first kappa shape index (κ1) is 20.6. The average molecular weight is 432 g/mol. The number of guanidine groups is 1. The van der Waals surface area contributed by atoms with E-state index >= 15 is 0 Å². The van der Waals surface area contributed by atoms with Gasteiger partial charge in [-0.2, -0.15) is 13.2 Å². The summed E-state index contributed by atoms with van der Waals surface area (Å²) in [4.78, 5) is 5.95. The smallest absolute Gasteiger partial charge is 0.369 e. The zero-order chi connectivity index (χ0) is 20.5. The van der Waals surface area contributed by atoms with E-state index in [1.165, 1.54) is 6.07 Å². The maximum absolute atomic E-state index is 13.0. The third kappa shape index (κ3) is 4.65. The van der Waals surface area contributed by atoms with Gasteiger partial charge in [-0.3, -0.25) is 0 Å². The number of nitrogens with zero attached hydrogens (tertiary/aromatic N) is 2. The Morgan fingerprint density at radius 2 is 2.04 bits per heavy atom. The maximum Gasteiger partial charge on any atom is 0.416 e. The Balaban J connectivity index is 1.94. The number of hydrogen-bond acceptors (Lipinski definition) is 2. The molecule has 1 unspecified atom stereocenters. The Kier molecular flexibility index (Phi) is 5.97. The van der Waals surface area contributed by atoms with Crippen molar-refractivity contribution in [3.8, 4) is 0 Å². The number of hydrogen-bond donors (Lipinski definition) is 2. The average Bonchev–Trinajstić information content (AvgIpc) is 2.62. The van der Waals surface area contributed by atoms with Crippen LogP contribution in [0.15, 0.2) is 41.4 Å². The molecule has 0 bridgehead atoms. The third-order valence-electron chi connectivity index (χ3n) is 4.34. The number of aliphatic imine (C=N–C) groups is 1. The van der Waals surface area contributed by atoms with Crippen LogP contribution in [-0.2, 0) is 29.4 Å². The summed E-state index contributed by atoms with van der Waals surface area (Å²) < 4.78 is 58.9. The molecule has 0 aromatic heterocycles. The lowest BCUT2D eigenvalue weighted by Gasteiger charge is -2.30. The van der Waals surface area contributed by atoms with Crippen molar-refractivity contribution in [2.75, 3.05) is 11.4 Å². The summed E-state index contributed by atoms with van der Waals surface area (Å²) in [5, 5.41) is 0.306. The van der Waals surface area contributed by atoms with E-state index in [0.29, 0.717) is 46.9 Å². The van der Waals surface area contributed by atoms with Gasteiger partial charge in [0.1, 0.15) is 0 Å². The van der Waals surface area contributed by atoms with E-state index in [-0.39, 0.29) is 11.7 Å². The molecule has 2 aromatic carbocycles. The molecular formula is C18H17ClF3N3O2S. The monoisotopic (exact) mass is 431 g/mol. The molecule has 150 valence electrons. The fraction of sp³-hybridized carbons (Fsp3) is 0.278. The number of rotatable bonds is 3. The van der Waals surface area contributed by atoms with Gasteiger partial charge >= 0.3 is 6.18 Å². The van der Waals surface area contributed by atoms with E-state index in [9.17, 15) is 17.4 Å². The molecular weight excluding hydrogens is 415 g/mol. The lowest BCUT2D eigenvalue weighted by molar-refractivity contribution is -0.137. The first-order valence-electron chi connectivity index (χ1n) is 8.33. The summed E-state index contributed by atoms with van der Waals surface area (Å²) >= 11 is 4.13. The van der Waals surface area contributed by atoms with Gasteiger partial charge in [0.05, 0.1) is 22.0 Å². The number of nitrogens with two attached hydrogens (primary N) is 1. The molecule has 28 heavy (non-hydrogen) atoms. The zero-order valence-electron chi connectivity index (χ0n) is 14.5. The van der Waals surface area contributed by atoms with Crippen molar-refractivity contribution in [3.63, 3.8) is 0 Å². The van der Waals surface area contributed by atoms with Crippen LogP contribution >= 0.6 is 11.6 Å². The summed E-state index contributed by atoms with van der Waals surface area (Å²) in [5.41, 5.74) is 7.43. The molecule has 0 saturated carbocycles. The van der Waals surface area contributed by atoms with Gasteiger partial charge in [0.2, 0.25) is 5.96 Å². The highest BCUT2D eigenvalue weighted by atomic mass is 35.5. The first-order valence-corrected chi connectivity index (χ1v) is 9.98. The lowest BCUT2D eigenvalue weighted by atomic mass is 9.99. The maximum atomic E-state index is 13.0. The molecule has 0 fully saturated rings. The van der Waals surface area contributed by atoms with Crippen molar-refractivity contribution in [2.24, 2.45) is 10.7 Å². The summed E-state index contributed by atoms with van der Waals surface area (Å²) in [7, 11) is 0. The van der Waals surface area contributed by atoms with Crippen LogP contribution in [-0.4, -0.2) is 21.3 Å². The fourth-order valence-electron chi connectivity index (χ4n) is 3.07. The highest BCUT2D eigenvalue weighted by molar-refractivity contribution is 7.78. The molecule has 0 aliphatic carbocycles. The Morgan fingerprint density at radius 1 is 1.29 bits per heavy atom. The number of anilines is 1. The van der Waals surface area contributed by atoms with Crippen LogP contribution < -0.4 is 10.6 Å². The van der Waals surface area contributed by atoms with Gasteiger partial charge in [0.25, 0.3) is 0 Å². The van der Waals surface area contributed by atoms with Crippen LogP contribution in [0.25, 0.3) is 0 Å². The minimum Gasteiger partial charge on any atom is -0.369 e. The normalized spacial score (nSPS) is 16.0. The number of aryl methyl sites for hydroxylation is 1. The van der Waals surface area contributed by atoms with E-state index in [4.69, 9.17) is 21.9 Å². The number of alkyl halides is 3. The van der Waals surface area contributed by atoms with Gasteiger partial charge in [-0.25, -0.2) is 9.20 Å². The Morgan fingerprint density at radius 3 is 2.71 bits per heavy atom. The van der Waals surface area contributed by atoms with E-state index in [0.717, 1.165) is 12.1 Å². The van der Waals surface area contributed by atoms with Gasteiger partial charge in [0, 0.05) is 12.2 Å². The standard InChI is InChI=1S/C18H17ClF3N3O2S/c19-14-5-3-11(10-28(26)27)8-15(14)24-17(23)25-7-1-2-12-9-13(18(20,21)22)4-6-16(12)25/h3-6,8-9H,1-2,7,10H2,(H2,23,24)(H,26,27). The minimum absolute atomic E-state index is 0.0770. The molecule has 0 saturated heterocycles. The molecule has 1 atom stereocenters. The predicted octanol–water partition coefficient (Wildman–Crippen LogP) is 4.48. The van der Waals surface area contributed by atoms with Crippen LogP contribution in [0.2, 0.25) is 5.02 Å². The number of fused-ring (bicyclic) bond motifs is 1. The van der Waals surface area contributed by atoms with E-state index in [1.807, 2.05) is 0 Å². The van der Waals surface area contributed by atoms with Gasteiger partial charge in [-0.05, 0) is 54.3 Å². The van der Waals surface area contributed by atoms with Crippen molar-refractivity contribution >= 4 is 40.0 Å². The first-order chi connectivity index (χ1) is 13.1. The van der Waals surface area contributed by atoms with E-state index < -0.39 is 22.8 Å². The lowest BCUT2D eigenvalue weighted by Crippen LogP contribution is -2.40. The molecule has 3 rings (SSSR count). The number of halogens is 4. The molecule has 3 N–H and O–H groups in total. The Labute approximate surface area is 167 Å². The van der Waals surface area contributed by atoms with Crippen molar-refractivity contribution < 1.29 is 21.9 Å². The highest BCUT2D eigenvalue weighted by Gasteiger charge is 2.32. The second kappa shape index (κ2) is 8.10. The van der Waals surface area contributed by atoms with Gasteiger partial charge in [0.15, 0.2) is 11.1 Å². The molecule has 1 heterocycles. The van der Waals surface area contributed by atoms with E-state index in [2.05, 4.69) is 4.99 Å². The number of benzene rings is 2. The van der Waals surface area contributed by atoms with Crippen LogP contribution in [0.1, 0.15) is 23.1 Å². The van der Waals surface area contributed by atoms with Crippen molar-refractivity contribution in [2.45, 2.75) is 24.8 Å². The summed E-state index contributed by atoms with van der Waals surface area (Å²) in [6.45, 7) is 0.506. The molecule has 0 spiro atoms. The second-order valence-corrected chi connectivity index (χ2v) is 7.66. The molecule has 0 radical (unpaired) electrons. The Hall–Kier alpha value is -2.10. The largest absolute Gasteiger partial charge is 0.416 e. The van der Waals surface area contributed by atoms with Gasteiger partial charge in [-0.15, -0.1) is 0 Å². The molecule has 1 aliphatic rings. The van der Waals surface area contributed by atoms with Gasteiger partial charge in [-0.1, -0.05) is 17.7 Å². The molecule has 1 aliphatic heterocycles. The van der Waals surface area contributed by atoms with Crippen LogP contribution in [0.3, 0.4) is 0 Å². The van der Waals surface area contributed by atoms with Crippen molar-refractivity contribution in [1.82, 2.24) is 0 Å². The summed E-state index contributed by atoms with van der Waals surface area (Å²) in [5.74, 6) is 0.0108.